The van der Waals surface area contributed by atoms with E-state index >= 15 is 0 Å². The van der Waals surface area contributed by atoms with Crippen LogP contribution in [0.25, 0.3) is 111 Å². The third-order valence-corrected chi connectivity index (χ3v) is 12.6. The van der Waals surface area contributed by atoms with Gasteiger partial charge in [0.15, 0.2) is 0 Å². The van der Waals surface area contributed by atoms with Crippen molar-refractivity contribution in [3.05, 3.63) is 218 Å². The molecule has 0 saturated heterocycles. The van der Waals surface area contributed by atoms with Crippen LogP contribution in [0.2, 0.25) is 0 Å². The van der Waals surface area contributed by atoms with Gasteiger partial charge >= 0.3 is 0 Å². The average molecular weight is 778 g/mol. The number of rotatable bonds is 6. The highest BCUT2D eigenvalue weighted by Gasteiger charge is 2.19. The lowest BCUT2D eigenvalue weighted by Crippen LogP contribution is -2.02. The molecule has 1 aliphatic rings. The third-order valence-electron chi connectivity index (χ3n) is 12.6. The molecular formula is C58H39N3. The van der Waals surface area contributed by atoms with Crippen LogP contribution in [0.5, 0.6) is 0 Å². The molecule has 11 aromatic rings. The second-order valence-corrected chi connectivity index (χ2v) is 16.1. The van der Waals surface area contributed by atoms with Crippen LogP contribution in [0.1, 0.15) is 17.7 Å². The van der Waals surface area contributed by atoms with E-state index in [0.717, 1.165) is 45.9 Å². The molecule has 2 heterocycles. The monoisotopic (exact) mass is 777 g/mol. The summed E-state index contributed by atoms with van der Waals surface area (Å²) in [6, 6.07) is 70.1. The van der Waals surface area contributed by atoms with Gasteiger partial charge in [-0.2, -0.15) is 0 Å². The number of hydrogen-bond donors (Lipinski definition) is 0. The van der Waals surface area contributed by atoms with E-state index in [1.165, 1.54) is 83.1 Å². The van der Waals surface area contributed by atoms with Gasteiger partial charge in [-0.25, -0.2) is 4.98 Å². The lowest BCUT2D eigenvalue weighted by molar-refractivity contribution is 0.888. The minimum Gasteiger partial charge on any atom is -0.313 e. The van der Waals surface area contributed by atoms with Crippen molar-refractivity contribution in [2.75, 3.05) is 0 Å². The zero-order valence-electron chi connectivity index (χ0n) is 33.5. The first-order valence-electron chi connectivity index (χ1n) is 21.1. The standard InChI is InChI=1S/C58H39N3/c1-2-10-47(11-3-1)61-55-17-9-8-14-50(55)51-35-34-46(36-56(51)61)44-28-26-42(27-29-44)40-20-18-38(19-21-40)39-22-24-41(25-23-39)43-30-32-45(33-31-43)54-37-59-57-52-15-6-4-12-48(52)49-13-5-7-16-53(49)58(57)60-54/h1-8,10-16,18-37H,9,17H2. The Balaban J connectivity index is 0.768. The molecule has 0 N–H and O–H groups in total. The van der Waals surface area contributed by atoms with E-state index in [-0.39, 0.29) is 0 Å². The summed E-state index contributed by atoms with van der Waals surface area (Å²) in [5, 5.41) is 5.98. The smallest absolute Gasteiger partial charge is 0.0979 e. The maximum atomic E-state index is 5.18. The molecule has 61 heavy (non-hydrogen) atoms. The van der Waals surface area contributed by atoms with Gasteiger partial charge in [0.05, 0.1) is 28.4 Å². The van der Waals surface area contributed by atoms with Crippen LogP contribution in [0.4, 0.5) is 0 Å². The molecule has 0 unspecified atom stereocenters. The fourth-order valence-electron chi connectivity index (χ4n) is 9.43. The molecule has 286 valence electrons. The minimum atomic E-state index is 0.873. The van der Waals surface area contributed by atoms with E-state index in [9.17, 15) is 0 Å². The Morgan fingerprint density at radius 2 is 0.852 bits per heavy atom. The molecular weight excluding hydrogens is 739 g/mol. The zero-order chi connectivity index (χ0) is 40.3. The molecule has 0 bridgehead atoms. The third kappa shape index (κ3) is 6.05. The van der Waals surface area contributed by atoms with Gasteiger partial charge in [0.1, 0.15) is 0 Å². The topological polar surface area (TPSA) is 30.7 Å². The van der Waals surface area contributed by atoms with Crippen LogP contribution in [0.15, 0.2) is 206 Å². The van der Waals surface area contributed by atoms with E-state index in [4.69, 9.17) is 9.97 Å². The number of benzene rings is 9. The highest BCUT2D eigenvalue weighted by Crippen LogP contribution is 2.38. The Bertz CT molecular complexity index is 3430. The second kappa shape index (κ2) is 14.4. The van der Waals surface area contributed by atoms with Crippen LogP contribution in [0, 0.1) is 0 Å². The number of hydrogen-bond acceptors (Lipinski definition) is 2. The predicted molar refractivity (Wildman–Crippen MR) is 256 cm³/mol. The van der Waals surface area contributed by atoms with E-state index in [1.807, 2.05) is 6.20 Å². The lowest BCUT2D eigenvalue weighted by atomic mass is 9.96. The van der Waals surface area contributed by atoms with Crippen molar-refractivity contribution in [2.45, 2.75) is 12.8 Å². The van der Waals surface area contributed by atoms with E-state index in [1.54, 1.807) is 0 Å². The molecule has 0 saturated carbocycles. The first-order valence-corrected chi connectivity index (χ1v) is 21.1. The predicted octanol–water partition coefficient (Wildman–Crippen LogP) is 15.2. The fraction of sp³-hybridized carbons (Fsp3) is 0.0345. The van der Waals surface area contributed by atoms with Gasteiger partial charge in [-0.05, 0) is 86.3 Å². The minimum absolute atomic E-state index is 0.873. The Kier molecular flexibility index (Phi) is 8.31. The van der Waals surface area contributed by atoms with E-state index < -0.39 is 0 Å². The molecule has 0 aliphatic heterocycles. The number of allylic oxidation sites excluding steroid dienone is 1. The van der Waals surface area contributed by atoms with Crippen LogP contribution >= 0.6 is 0 Å². The highest BCUT2D eigenvalue weighted by atomic mass is 15.0. The SMILES string of the molecule is C1=Cc2c(n(-c3ccccc3)c3cc(-c4ccc(-c5ccc(-c6ccc(-c7ccc(-c8cnc9c%10ccccc%10c%10ccccc%10c9n8)cc7)cc6)cc5)cc4)ccc23)CC1. The molecule has 3 heteroatoms. The fourth-order valence-corrected chi connectivity index (χ4v) is 9.43. The van der Waals surface area contributed by atoms with Gasteiger partial charge in [-0.1, -0.05) is 188 Å². The largest absolute Gasteiger partial charge is 0.313 e. The summed E-state index contributed by atoms with van der Waals surface area (Å²) in [7, 11) is 0. The van der Waals surface area contributed by atoms with Crippen molar-refractivity contribution in [2.24, 2.45) is 0 Å². The normalized spacial score (nSPS) is 12.4. The van der Waals surface area contributed by atoms with Gasteiger partial charge in [0.2, 0.25) is 0 Å². The summed E-state index contributed by atoms with van der Waals surface area (Å²) in [5.74, 6) is 0. The van der Waals surface area contributed by atoms with Gasteiger partial charge in [0.25, 0.3) is 0 Å². The molecule has 9 aromatic carbocycles. The summed E-state index contributed by atoms with van der Waals surface area (Å²) < 4.78 is 2.46. The van der Waals surface area contributed by atoms with Gasteiger partial charge < -0.3 is 4.57 Å². The van der Waals surface area contributed by atoms with Gasteiger partial charge in [0, 0.05) is 38.7 Å². The van der Waals surface area contributed by atoms with E-state index in [0.29, 0.717) is 0 Å². The first kappa shape index (κ1) is 35.1. The molecule has 3 nitrogen and oxygen atoms in total. The molecule has 0 atom stereocenters. The average Bonchev–Trinajstić information content (AvgIpc) is 3.68. The van der Waals surface area contributed by atoms with Crippen molar-refractivity contribution in [3.63, 3.8) is 0 Å². The Morgan fingerprint density at radius 1 is 0.393 bits per heavy atom. The molecule has 2 aromatic heterocycles. The summed E-state index contributed by atoms with van der Waals surface area (Å²) in [4.78, 5) is 10.1. The summed E-state index contributed by atoms with van der Waals surface area (Å²) in [6.07, 6.45) is 8.65. The lowest BCUT2D eigenvalue weighted by Gasteiger charge is -2.13. The van der Waals surface area contributed by atoms with E-state index in [2.05, 4.69) is 211 Å². The maximum Gasteiger partial charge on any atom is 0.0979 e. The number of fused-ring (bicyclic) bond motifs is 9. The Labute approximate surface area is 354 Å². The first-order chi connectivity index (χ1) is 30.2. The van der Waals surface area contributed by atoms with Crippen LogP contribution < -0.4 is 0 Å². The highest BCUT2D eigenvalue weighted by molar-refractivity contribution is 6.23. The summed E-state index contributed by atoms with van der Waals surface area (Å²) >= 11 is 0. The van der Waals surface area contributed by atoms with Crippen LogP contribution in [0.3, 0.4) is 0 Å². The Hall–Kier alpha value is -7.88. The second-order valence-electron chi connectivity index (χ2n) is 16.1. The summed E-state index contributed by atoms with van der Waals surface area (Å²) in [5.41, 5.74) is 18.6. The maximum absolute atomic E-state index is 5.18. The molecule has 0 amide bonds. The number of aromatic nitrogens is 3. The van der Waals surface area contributed by atoms with Crippen molar-refractivity contribution in [3.8, 4) is 61.5 Å². The number of para-hydroxylation sites is 1. The molecule has 1 aliphatic carbocycles. The number of nitrogens with zero attached hydrogens (tertiary/aromatic N) is 3. The summed E-state index contributed by atoms with van der Waals surface area (Å²) in [6.45, 7) is 0. The van der Waals surface area contributed by atoms with Crippen molar-refractivity contribution in [1.82, 2.24) is 14.5 Å². The molecule has 0 fully saturated rings. The molecule has 12 rings (SSSR count). The van der Waals surface area contributed by atoms with Crippen molar-refractivity contribution in [1.29, 1.82) is 0 Å². The van der Waals surface area contributed by atoms with Gasteiger partial charge in [-0.15, -0.1) is 0 Å². The zero-order valence-corrected chi connectivity index (χ0v) is 33.5. The van der Waals surface area contributed by atoms with Crippen molar-refractivity contribution >= 4 is 49.6 Å². The van der Waals surface area contributed by atoms with Crippen LogP contribution in [-0.4, -0.2) is 14.5 Å². The molecule has 0 radical (unpaired) electrons. The van der Waals surface area contributed by atoms with Crippen molar-refractivity contribution < 1.29 is 0 Å². The quantitative estimate of drug-likeness (QED) is 0.157. The van der Waals surface area contributed by atoms with Gasteiger partial charge in [-0.3, -0.25) is 4.98 Å². The van der Waals surface area contributed by atoms with Crippen LogP contribution in [-0.2, 0) is 6.42 Å². The Morgan fingerprint density at radius 3 is 1.41 bits per heavy atom. The molecule has 0 spiro atoms.